The lowest BCUT2D eigenvalue weighted by Gasteiger charge is -2.42. The second-order valence-corrected chi connectivity index (χ2v) is 6.22. The van der Waals surface area contributed by atoms with Gasteiger partial charge in [-0.05, 0) is 18.8 Å². The van der Waals surface area contributed by atoms with Gasteiger partial charge in [-0.25, -0.2) is 0 Å². The number of nitrogens with zero attached hydrogens (tertiary/aromatic N) is 1. The predicted octanol–water partition coefficient (Wildman–Crippen LogP) is 1.94. The molecule has 0 aromatic heterocycles. The number of unbranched alkanes of at least 4 members (excludes halogenated alkanes) is 2. The lowest BCUT2D eigenvalue weighted by molar-refractivity contribution is -0.151. The molecule has 0 aromatic carbocycles. The SMILES string of the molecule is CCCCCN1C(=O)C(C(C)(C)C)NC(=O)C1C. The molecule has 1 rings (SSSR count). The van der Waals surface area contributed by atoms with E-state index in [1.165, 1.54) is 0 Å². The topological polar surface area (TPSA) is 49.4 Å². The first-order valence-corrected chi connectivity index (χ1v) is 6.90. The van der Waals surface area contributed by atoms with Crippen molar-refractivity contribution >= 4 is 11.8 Å². The first-order valence-electron chi connectivity index (χ1n) is 6.90. The highest BCUT2D eigenvalue weighted by Crippen LogP contribution is 2.25. The zero-order valence-corrected chi connectivity index (χ0v) is 12.2. The summed E-state index contributed by atoms with van der Waals surface area (Å²) in [6.07, 6.45) is 3.18. The Hall–Kier alpha value is -1.06. The van der Waals surface area contributed by atoms with E-state index in [0.717, 1.165) is 19.3 Å². The van der Waals surface area contributed by atoms with Gasteiger partial charge < -0.3 is 10.2 Å². The van der Waals surface area contributed by atoms with Gasteiger partial charge in [0.1, 0.15) is 12.1 Å². The molecule has 18 heavy (non-hydrogen) atoms. The van der Waals surface area contributed by atoms with Crippen molar-refractivity contribution in [3.63, 3.8) is 0 Å². The monoisotopic (exact) mass is 254 g/mol. The van der Waals surface area contributed by atoms with Crippen molar-refractivity contribution in [1.29, 1.82) is 0 Å². The average molecular weight is 254 g/mol. The van der Waals surface area contributed by atoms with Gasteiger partial charge in [-0.3, -0.25) is 9.59 Å². The molecule has 0 saturated carbocycles. The largest absolute Gasteiger partial charge is 0.342 e. The van der Waals surface area contributed by atoms with Crippen LogP contribution in [0.3, 0.4) is 0 Å². The quantitative estimate of drug-likeness (QED) is 0.779. The standard InChI is InChI=1S/C14H26N2O2/c1-6-7-8-9-16-10(2)12(17)15-11(13(16)18)14(3,4)5/h10-11H,6-9H2,1-5H3,(H,15,17). The van der Waals surface area contributed by atoms with Gasteiger partial charge in [-0.2, -0.15) is 0 Å². The molecule has 0 aliphatic carbocycles. The third kappa shape index (κ3) is 3.24. The fourth-order valence-corrected chi connectivity index (χ4v) is 2.25. The molecule has 1 fully saturated rings. The van der Waals surface area contributed by atoms with Crippen molar-refractivity contribution in [3.8, 4) is 0 Å². The summed E-state index contributed by atoms with van der Waals surface area (Å²) in [7, 11) is 0. The van der Waals surface area contributed by atoms with Crippen molar-refractivity contribution in [2.75, 3.05) is 6.54 Å². The maximum atomic E-state index is 12.4. The molecular formula is C14H26N2O2. The molecule has 4 heteroatoms. The number of amides is 2. The number of hydrogen-bond donors (Lipinski definition) is 1. The normalized spacial score (nSPS) is 25.3. The molecule has 2 amide bonds. The van der Waals surface area contributed by atoms with Crippen LogP contribution in [0.15, 0.2) is 0 Å². The first-order chi connectivity index (χ1) is 8.29. The number of hydrogen-bond acceptors (Lipinski definition) is 2. The summed E-state index contributed by atoms with van der Waals surface area (Å²) in [5.74, 6) is 0.0247. The molecule has 4 nitrogen and oxygen atoms in total. The van der Waals surface area contributed by atoms with Gasteiger partial charge in [-0.1, -0.05) is 40.5 Å². The van der Waals surface area contributed by atoms with E-state index in [0.29, 0.717) is 6.54 Å². The fourth-order valence-electron chi connectivity index (χ4n) is 2.25. The molecule has 0 spiro atoms. The Morgan fingerprint density at radius 1 is 1.22 bits per heavy atom. The minimum absolute atomic E-state index is 0.0361. The summed E-state index contributed by atoms with van der Waals surface area (Å²) in [5.41, 5.74) is -0.240. The minimum Gasteiger partial charge on any atom is -0.342 e. The van der Waals surface area contributed by atoms with E-state index >= 15 is 0 Å². The predicted molar refractivity (Wildman–Crippen MR) is 72.1 cm³/mol. The number of carbonyl (C=O) groups excluding carboxylic acids is 2. The molecule has 1 aliphatic heterocycles. The maximum absolute atomic E-state index is 12.4. The van der Waals surface area contributed by atoms with Crippen LogP contribution < -0.4 is 5.32 Å². The van der Waals surface area contributed by atoms with Crippen LogP contribution in [-0.2, 0) is 9.59 Å². The fraction of sp³-hybridized carbons (Fsp3) is 0.857. The molecular weight excluding hydrogens is 228 g/mol. The van der Waals surface area contributed by atoms with Crippen LogP contribution in [0.5, 0.6) is 0 Å². The molecule has 104 valence electrons. The van der Waals surface area contributed by atoms with Gasteiger partial charge in [0.25, 0.3) is 0 Å². The smallest absolute Gasteiger partial charge is 0.246 e. The lowest BCUT2D eigenvalue weighted by atomic mass is 9.84. The van der Waals surface area contributed by atoms with Crippen LogP contribution in [0.4, 0.5) is 0 Å². The summed E-state index contributed by atoms with van der Waals surface area (Å²) in [6, 6.07) is -0.740. The van der Waals surface area contributed by atoms with Gasteiger partial charge >= 0.3 is 0 Å². The zero-order valence-electron chi connectivity index (χ0n) is 12.2. The second-order valence-electron chi connectivity index (χ2n) is 6.22. The number of piperazine rings is 1. The second kappa shape index (κ2) is 5.72. The third-order valence-electron chi connectivity index (χ3n) is 3.53. The third-order valence-corrected chi connectivity index (χ3v) is 3.53. The van der Waals surface area contributed by atoms with Crippen molar-refractivity contribution in [3.05, 3.63) is 0 Å². The van der Waals surface area contributed by atoms with E-state index in [4.69, 9.17) is 0 Å². The van der Waals surface area contributed by atoms with Crippen molar-refractivity contribution < 1.29 is 9.59 Å². The highest BCUT2D eigenvalue weighted by atomic mass is 16.2. The van der Waals surface area contributed by atoms with Crippen molar-refractivity contribution in [1.82, 2.24) is 10.2 Å². The summed E-state index contributed by atoms with van der Waals surface area (Å²) >= 11 is 0. The summed E-state index contributed by atoms with van der Waals surface area (Å²) in [6.45, 7) is 10.6. The van der Waals surface area contributed by atoms with E-state index in [1.54, 1.807) is 11.8 Å². The van der Waals surface area contributed by atoms with Gasteiger partial charge in [0, 0.05) is 6.54 Å². The van der Waals surface area contributed by atoms with E-state index in [9.17, 15) is 9.59 Å². The van der Waals surface area contributed by atoms with Gasteiger partial charge in [-0.15, -0.1) is 0 Å². The highest BCUT2D eigenvalue weighted by molar-refractivity contribution is 5.97. The molecule has 2 atom stereocenters. The molecule has 0 radical (unpaired) electrons. The molecule has 1 N–H and O–H groups in total. The van der Waals surface area contributed by atoms with Crippen molar-refractivity contribution in [2.24, 2.45) is 5.41 Å². The molecule has 1 aliphatic rings. The van der Waals surface area contributed by atoms with Crippen LogP contribution >= 0.6 is 0 Å². The Morgan fingerprint density at radius 3 is 2.33 bits per heavy atom. The van der Waals surface area contributed by atoms with Crippen LogP contribution in [0.25, 0.3) is 0 Å². The van der Waals surface area contributed by atoms with Gasteiger partial charge in [0.05, 0.1) is 0 Å². The Labute approximate surface area is 110 Å². The Bertz CT molecular complexity index is 320. The summed E-state index contributed by atoms with van der Waals surface area (Å²) < 4.78 is 0. The van der Waals surface area contributed by atoms with Gasteiger partial charge in [0.2, 0.25) is 11.8 Å². The Morgan fingerprint density at radius 2 is 1.83 bits per heavy atom. The molecule has 2 unspecified atom stereocenters. The summed E-state index contributed by atoms with van der Waals surface area (Å²) in [5, 5.41) is 2.85. The minimum atomic E-state index is -0.400. The maximum Gasteiger partial charge on any atom is 0.246 e. The highest BCUT2D eigenvalue weighted by Gasteiger charge is 2.43. The molecule has 1 saturated heterocycles. The van der Waals surface area contributed by atoms with E-state index < -0.39 is 6.04 Å². The van der Waals surface area contributed by atoms with E-state index in [2.05, 4.69) is 12.2 Å². The van der Waals surface area contributed by atoms with Crippen LogP contribution in [0.1, 0.15) is 53.9 Å². The van der Waals surface area contributed by atoms with Crippen LogP contribution in [0, 0.1) is 5.41 Å². The Kier molecular flexibility index (Phi) is 4.77. The van der Waals surface area contributed by atoms with E-state index in [1.807, 2.05) is 20.8 Å². The Balaban J connectivity index is 2.79. The average Bonchev–Trinajstić information content (AvgIpc) is 2.26. The molecule has 0 aromatic rings. The zero-order chi connectivity index (χ0) is 13.9. The van der Waals surface area contributed by atoms with Crippen molar-refractivity contribution in [2.45, 2.75) is 66.0 Å². The van der Waals surface area contributed by atoms with E-state index in [-0.39, 0.29) is 23.3 Å². The number of carbonyl (C=O) groups is 2. The van der Waals surface area contributed by atoms with Crippen LogP contribution in [0.2, 0.25) is 0 Å². The lowest BCUT2D eigenvalue weighted by Crippen LogP contribution is -2.65. The first kappa shape index (κ1) is 15.0. The number of nitrogens with one attached hydrogen (secondary N) is 1. The van der Waals surface area contributed by atoms with Crippen LogP contribution in [-0.4, -0.2) is 35.3 Å². The number of rotatable bonds is 4. The molecule has 0 bridgehead atoms. The summed E-state index contributed by atoms with van der Waals surface area (Å²) in [4.78, 5) is 26.1. The van der Waals surface area contributed by atoms with Gasteiger partial charge in [0.15, 0.2) is 0 Å². The molecule has 1 heterocycles.